The van der Waals surface area contributed by atoms with E-state index >= 15 is 0 Å². The van der Waals surface area contributed by atoms with E-state index in [1.807, 2.05) is 0 Å². The molecule has 11 heteroatoms. The van der Waals surface area contributed by atoms with Crippen molar-refractivity contribution in [3.63, 3.8) is 0 Å². The third-order valence-electron chi connectivity index (χ3n) is 15.2. The monoisotopic (exact) mass is 996 g/mol. The minimum atomic E-state index is -0.368. The van der Waals surface area contributed by atoms with Crippen LogP contribution in [0.3, 0.4) is 0 Å². The van der Waals surface area contributed by atoms with Crippen molar-refractivity contribution >= 4 is 11.6 Å². The summed E-state index contributed by atoms with van der Waals surface area (Å²) >= 11 is 0. The molecule has 2 aromatic rings. The van der Waals surface area contributed by atoms with Gasteiger partial charge in [0, 0.05) is 46.3 Å². The highest BCUT2D eigenvalue weighted by molar-refractivity contribution is 5.97. The molecule has 2 aromatic heterocycles. The number of nitrogens with one attached hydrogen (secondary N) is 1. The molecule has 1 N–H and O–H groups in total. The Hall–Kier alpha value is -2.37. The van der Waals surface area contributed by atoms with E-state index < -0.39 is 0 Å². The summed E-state index contributed by atoms with van der Waals surface area (Å²) in [7, 11) is 1.55. The van der Waals surface area contributed by atoms with E-state index in [0.717, 1.165) is 37.4 Å². The lowest BCUT2D eigenvalue weighted by molar-refractivity contribution is 0.0942. The fraction of sp³-hybridized carbons (Fsp3) is 0.917. The maximum absolute atomic E-state index is 13.5. The highest BCUT2D eigenvalue weighted by Gasteiger charge is 2.18. The van der Waals surface area contributed by atoms with Gasteiger partial charge in [0.05, 0.1) is 0 Å². The number of aromatic nitrogens is 5. The third-order valence-corrected chi connectivity index (χ3v) is 15.2. The zero-order valence-electron chi connectivity index (χ0n) is 47.8. The van der Waals surface area contributed by atoms with Gasteiger partial charge in [0.25, 0.3) is 5.91 Å². The molecule has 0 saturated carbocycles. The number of carbonyl (C=O) groups is 1. The molecule has 0 atom stereocenters. The van der Waals surface area contributed by atoms with Crippen LogP contribution in [0, 0.1) is 0 Å². The van der Waals surface area contributed by atoms with Crippen LogP contribution in [0.15, 0.2) is 11.1 Å². The molecular weight excluding hydrogens is 879 g/mol. The second-order valence-electron chi connectivity index (χ2n) is 21.8. The van der Waals surface area contributed by atoms with Gasteiger partial charge in [-0.05, 0) is 51.9 Å². The predicted octanol–water partition coefficient (Wildman–Crippen LogP) is 15.1. The van der Waals surface area contributed by atoms with E-state index in [4.69, 9.17) is 0 Å². The third kappa shape index (κ3) is 34.7. The van der Waals surface area contributed by atoms with Gasteiger partial charge in [-0.1, -0.05) is 264 Å². The van der Waals surface area contributed by atoms with Crippen LogP contribution in [0.2, 0.25) is 0 Å². The van der Waals surface area contributed by atoms with Crippen LogP contribution >= 0.6 is 0 Å². The molecule has 0 aliphatic rings. The maximum Gasteiger partial charge on any atom is 0.352 e. The Morgan fingerprint density at radius 2 is 0.704 bits per heavy atom. The Morgan fingerprint density at radius 1 is 0.423 bits per heavy atom. The fourth-order valence-electron chi connectivity index (χ4n) is 10.3. The molecule has 11 nitrogen and oxygen atoms in total. The summed E-state index contributed by atoms with van der Waals surface area (Å²) in [6, 6.07) is 0. The number of rotatable bonds is 54. The van der Waals surface area contributed by atoms with Crippen LogP contribution in [-0.4, -0.2) is 110 Å². The molecule has 0 saturated heterocycles. The molecule has 0 aliphatic carbocycles. The topological polar surface area (TPSA) is 104 Å². The molecule has 0 aliphatic heterocycles. The minimum absolute atomic E-state index is 0.153. The first-order chi connectivity index (χ1) is 34.9. The number of nitrogens with zero attached hydrogens (tertiary/aromatic N) is 8. The van der Waals surface area contributed by atoms with Crippen molar-refractivity contribution in [1.29, 1.82) is 0 Å². The fourth-order valence-corrected chi connectivity index (χ4v) is 10.3. The first kappa shape index (κ1) is 64.7. The van der Waals surface area contributed by atoms with E-state index in [-0.39, 0.29) is 22.9 Å². The lowest BCUT2D eigenvalue weighted by Crippen LogP contribution is -2.43. The second kappa shape index (κ2) is 47.4. The van der Waals surface area contributed by atoms with E-state index in [1.54, 1.807) is 7.05 Å². The zero-order chi connectivity index (χ0) is 51.1. The largest absolute Gasteiger partial charge is 0.352 e. The van der Waals surface area contributed by atoms with Gasteiger partial charge in [0.1, 0.15) is 6.33 Å². The number of imidazole rings is 1. The van der Waals surface area contributed by atoms with Gasteiger partial charge in [0.15, 0.2) is 11.3 Å². The molecule has 1 amide bonds. The van der Waals surface area contributed by atoms with Gasteiger partial charge in [0.2, 0.25) is 0 Å². The van der Waals surface area contributed by atoms with Gasteiger partial charge < -0.3 is 15.1 Å². The summed E-state index contributed by atoms with van der Waals surface area (Å²) < 4.78 is 2.45. The smallest absolute Gasteiger partial charge is 0.349 e. The van der Waals surface area contributed by atoms with Crippen molar-refractivity contribution in [1.82, 2.24) is 44.4 Å². The number of carbonyl (C=O) groups excluding carboxylic acids is 1. The first-order valence-corrected chi connectivity index (χ1v) is 31.2. The van der Waals surface area contributed by atoms with Gasteiger partial charge >= 0.3 is 5.69 Å². The zero-order valence-corrected chi connectivity index (χ0v) is 47.8. The van der Waals surface area contributed by atoms with E-state index in [2.05, 4.69) is 63.0 Å². The summed E-state index contributed by atoms with van der Waals surface area (Å²) in [5, 5.41) is 11.2. The standard InChI is InChI=1S/C60H117N9O2/c1-6-10-14-18-22-26-30-34-38-42-47-66(48-43-39-35-31-27-23-19-15-11-7-2)52-54-68(51-46-61-59(70)57-58-63-64-65(5)60(71)69(58)56-62-57)55-53-67(49-44-40-36-32-28-24-20-16-12-8-3)50-45-41-37-33-29-25-21-17-13-9-4/h56H,6-55H2,1-5H3,(H,61,70). The summed E-state index contributed by atoms with van der Waals surface area (Å²) in [6.07, 6.45) is 56.2. The molecule has 0 aromatic carbocycles. The molecular formula is C60H117N9O2. The first-order valence-electron chi connectivity index (χ1n) is 31.2. The molecule has 0 unspecified atom stereocenters. The van der Waals surface area contributed by atoms with Crippen LogP contribution in [0.25, 0.3) is 5.65 Å². The average Bonchev–Trinajstić information content (AvgIpc) is 3.82. The average molecular weight is 997 g/mol. The minimum Gasteiger partial charge on any atom is -0.349 e. The van der Waals surface area contributed by atoms with Crippen molar-refractivity contribution in [2.75, 3.05) is 65.4 Å². The van der Waals surface area contributed by atoms with E-state index in [9.17, 15) is 9.59 Å². The molecule has 2 heterocycles. The van der Waals surface area contributed by atoms with E-state index in [1.165, 1.54) is 294 Å². The Balaban J connectivity index is 2.09. The highest BCUT2D eigenvalue weighted by atomic mass is 16.2. The van der Waals surface area contributed by atoms with Gasteiger partial charge in [-0.2, -0.15) is 4.68 Å². The Labute approximate surface area is 438 Å². The molecule has 0 fully saturated rings. The Bertz CT molecular complexity index is 1430. The maximum atomic E-state index is 13.5. The highest BCUT2D eigenvalue weighted by Crippen LogP contribution is 2.16. The van der Waals surface area contributed by atoms with Crippen LogP contribution in [0.4, 0.5) is 0 Å². The van der Waals surface area contributed by atoms with Crippen LogP contribution < -0.4 is 11.0 Å². The lowest BCUT2D eigenvalue weighted by Gasteiger charge is -2.30. The summed E-state index contributed by atoms with van der Waals surface area (Å²) in [6.45, 7) is 19.4. The lowest BCUT2D eigenvalue weighted by atomic mass is 10.1. The van der Waals surface area contributed by atoms with Gasteiger partial charge in [-0.15, -0.1) is 5.10 Å². The molecule has 0 spiro atoms. The number of unbranched alkanes of at least 4 members (excludes halogenated alkanes) is 36. The SMILES string of the molecule is CCCCCCCCCCCCN(CCCCCCCCCCCC)CCN(CCNC(=O)c1ncn2c(=O)n(C)nnc12)CCN(CCCCCCCCCCCC)CCCCCCCCCCCC. The summed E-state index contributed by atoms with van der Waals surface area (Å²) in [5.74, 6) is -0.304. The molecule has 71 heavy (non-hydrogen) atoms. The quantitative estimate of drug-likeness (QED) is 0.0654. The van der Waals surface area contributed by atoms with Crippen molar-refractivity contribution in [2.24, 2.45) is 7.05 Å². The molecule has 414 valence electrons. The summed E-state index contributed by atoms with van der Waals surface area (Å²) in [5.41, 5.74) is -0.0141. The molecule has 2 rings (SSSR count). The molecule has 0 bridgehead atoms. The van der Waals surface area contributed by atoms with Crippen molar-refractivity contribution in [3.8, 4) is 0 Å². The number of hydrogen-bond acceptors (Lipinski definition) is 8. The van der Waals surface area contributed by atoms with Crippen molar-refractivity contribution in [2.45, 2.75) is 285 Å². The number of aryl methyl sites for hydroxylation is 1. The predicted molar refractivity (Wildman–Crippen MR) is 305 cm³/mol. The van der Waals surface area contributed by atoms with E-state index in [0.29, 0.717) is 6.54 Å². The van der Waals surface area contributed by atoms with Gasteiger partial charge in [-0.25, -0.2) is 14.2 Å². The molecule has 0 radical (unpaired) electrons. The number of amides is 1. The number of hydrogen-bond donors (Lipinski definition) is 1. The second-order valence-corrected chi connectivity index (χ2v) is 21.8. The number of fused-ring (bicyclic) bond motifs is 1. The normalized spacial score (nSPS) is 11.9. The van der Waals surface area contributed by atoms with Gasteiger partial charge in [-0.3, -0.25) is 9.69 Å². The van der Waals surface area contributed by atoms with Crippen LogP contribution in [0.5, 0.6) is 0 Å². The van der Waals surface area contributed by atoms with Crippen LogP contribution in [-0.2, 0) is 7.05 Å². The van der Waals surface area contributed by atoms with Crippen molar-refractivity contribution < 1.29 is 4.79 Å². The van der Waals surface area contributed by atoms with Crippen LogP contribution in [0.1, 0.15) is 295 Å². The van der Waals surface area contributed by atoms with Crippen molar-refractivity contribution in [3.05, 3.63) is 22.5 Å². The Morgan fingerprint density at radius 3 is 1.01 bits per heavy atom. The summed E-state index contributed by atoms with van der Waals surface area (Å²) in [4.78, 5) is 38.6. The Kier molecular flexibility index (Phi) is 43.2.